The van der Waals surface area contributed by atoms with Crippen LogP contribution in [-0.4, -0.2) is 24.8 Å². The smallest absolute Gasteiger partial charge is 0.165 e. The van der Waals surface area contributed by atoms with E-state index in [2.05, 4.69) is 4.99 Å². The van der Waals surface area contributed by atoms with Gasteiger partial charge >= 0.3 is 0 Å². The van der Waals surface area contributed by atoms with E-state index in [0.717, 1.165) is 0 Å². The van der Waals surface area contributed by atoms with E-state index in [9.17, 15) is 12.8 Å². The lowest BCUT2D eigenvalue weighted by Crippen LogP contribution is -2.56. The van der Waals surface area contributed by atoms with Crippen LogP contribution >= 0.6 is 0 Å². The quantitative estimate of drug-likeness (QED) is 0.810. The van der Waals surface area contributed by atoms with Crippen LogP contribution in [0.25, 0.3) is 0 Å². The van der Waals surface area contributed by atoms with E-state index in [4.69, 9.17) is 11.5 Å². The molecule has 0 saturated heterocycles. The molecule has 0 radical (unpaired) electrons. The molecule has 0 fully saturated rings. The van der Waals surface area contributed by atoms with Crippen molar-refractivity contribution in [2.45, 2.75) is 37.5 Å². The minimum Gasteiger partial charge on any atom is -0.399 e. The minimum atomic E-state index is -3.57. The molecule has 1 heterocycles. The molecule has 1 aromatic carbocycles. The number of nitrogens with zero attached hydrogens (tertiary/aromatic N) is 1. The van der Waals surface area contributed by atoms with Crippen LogP contribution in [0.2, 0.25) is 0 Å². The zero-order valence-corrected chi connectivity index (χ0v) is 13.2. The van der Waals surface area contributed by atoms with Gasteiger partial charge in [-0.05, 0) is 38.5 Å². The summed E-state index contributed by atoms with van der Waals surface area (Å²) in [4.78, 5) is 4.33. The lowest BCUT2D eigenvalue weighted by Gasteiger charge is -2.39. The van der Waals surface area contributed by atoms with Gasteiger partial charge in [-0.2, -0.15) is 0 Å². The fourth-order valence-electron chi connectivity index (χ4n) is 2.60. The van der Waals surface area contributed by atoms with Crippen molar-refractivity contribution in [3.05, 3.63) is 29.6 Å². The number of sulfone groups is 1. The Hall–Kier alpha value is -1.63. The summed E-state index contributed by atoms with van der Waals surface area (Å²) < 4.78 is 38.1. The maximum atomic E-state index is 14.1. The molecule has 0 bridgehead atoms. The number of aliphatic imine (C=N–C) groups is 1. The SMILES string of the molecule is CCC1(C)C(N)=NC(C)(c2cc(N)ccc2F)CS1(=O)=O. The van der Waals surface area contributed by atoms with E-state index in [-0.39, 0.29) is 17.2 Å². The Kier molecular flexibility index (Phi) is 3.52. The number of benzene rings is 1. The maximum Gasteiger partial charge on any atom is 0.165 e. The standard InChI is InChI=1S/C14H20FN3O2S/c1-4-14(3)12(17)18-13(2,8-21(14,19)20)10-7-9(16)5-6-11(10)15/h5-7H,4,8,16H2,1-3H3,(H2,17,18). The largest absolute Gasteiger partial charge is 0.399 e. The average molecular weight is 313 g/mol. The van der Waals surface area contributed by atoms with Crippen LogP contribution in [0, 0.1) is 5.82 Å². The third-order valence-electron chi connectivity index (χ3n) is 4.31. The van der Waals surface area contributed by atoms with Crippen LogP contribution < -0.4 is 11.5 Å². The normalized spacial score (nSPS) is 31.7. The summed E-state index contributed by atoms with van der Waals surface area (Å²) in [6, 6.07) is 4.04. The molecule has 0 spiro atoms. The number of anilines is 1. The first kappa shape index (κ1) is 15.8. The Labute approximate surface area is 124 Å². The molecule has 0 aromatic heterocycles. The van der Waals surface area contributed by atoms with Gasteiger partial charge in [-0.3, -0.25) is 4.99 Å². The predicted molar refractivity (Wildman–Crippen MR) is 82.3 cm³/mol. The Morgan fingerprint density at radius 3 is 2.48 bits per heavy atom. The molecule has 0 amide bonds. The van der Waals surface area contributed by atoms with Gasteiger partial charge in [0.2, 0.25) is 0 Å². The summed E-state index contributed by atoms with van der Waals surface area (Å²) >= 11 is 0. The Bertz CT molecular complexity index is 717. The lowest BCUT2D eigenvalue weighted by molar-refractivity contribution is 0.470. The van der Waals surface area contributed by atoms with Crippen molar-refractivity contribution in [2.24, 2.45) is 10.7 Å². The lowest BCUT2D eigenvalue weighted by atomic mass is 9.92. The van der Waals surface area contributed by atoms with Crippen molar-refractivity contribution >= 4 is 21.4 Å². The van der Waals surface area contributed by atoms with Crippen LogP contribution in [0.15, 0.2) is 23.2 Å². The van der Waals surface area contributed by atoms with Gasteiger partial charge in [0.25, 0.3) is 0 Å². The highest BCUT2D eigenvalue weighted by molar-refractivity contribution is 7.93. The fraction of sp³-hybridized carbons (Fsp3) is 0.500. The van der Waals surface area contributed by atoms with Gasteiger partial charge in [-0.15, -0.1) is 0 Å². The molecule has 2 rings (SSSR count). The van der Waals surface area contributed by atoms with E-state index < -0.39 is 25.9 Å². The molecule has 1 aliphatic heterocycles. The number of hydrogen-bond acceptors (Lipinski definition) is 5. The van der Waals surface area contributed by atoms with Gasteiger partial charge in [0.15, 0.2) is 9.84 Å². The Morgan fingerprint density at radius 1 is 1.33 bits per heavy atom. The highest BCUT2D eigenvalue weighted by Gasteiger charge is 2.51. The topological polar surface area (TPSA) is 98.5 Å². The summed E-state index contributed by atoms with van der Waals surface area (Å²) in [6.45, 7) is 4.85. The summed E-state index contributed by atoms with van der Waals surface area (Å²) in [5, 5.41) is 0. The van der Waals surface area contributed by atoms with Crippen LogP contribution in [-0.2, 0) is 15.4 Å². The summed E-state index contributed by atoms with van der Waals surface area (Å²) in [6.07, 6.45) is 0.320. The fourth-order valence-corrected chi connectivity index (χ4v) is 4.68. The van der Waals surface area contributed by atoms with E-state index in [0.29, 0.717) is 12.1 Å². The minimum absolute atomic E-state index is 0.0144. The number of hydrogen-bond donors (Lipinski definition) is 2. The number of nitrogens with two attached hydrogens (primary N) is 2. The van der Waals surface area contributed by atoms with Gasteiger partial charge in [0.05, 0.1) is 5.75 Å². The van der Waals surface area contributed by atoms with Gasteiger partial charge in [0, 0.05) is 11.3 Å². The molecule has 7 heteroatoms. The molecule has 21 heavy (non-hydrogen) atoms. The molecular weight excluding hydrogens is 293 g/mol. The van der Waals surface area contributed by atoms with Crippen molar-refractivity contribution in [1.82, 2.24) is 0 Å². The third-order valence-corrected chi connectivity index (χ3v) is 7.12. The number of rotatable bonds is 2. The molecule has 0 saturated carbocycles. The summed E-state index contributed by atoms with van der Waals surface area (Å²) in [5.74, 6) is -0.829. The Morgan fingerprint density at radius 2 is 1.95 bits per heavy atom. The first-order valence-corrected chi connectivity index (χ1v) is 8.34. The molecule has 1 aliphatic rings. The van der Waals surface area contributed by atoms with Crippen molar-refractivity contribution in [3.8, 4) is 0 Å². The average Bonchev–Trinajstić information content (AvgIpc) is 2.38. The molecule has 116 valence electrons. The second kappa shape index (κ2) is 4.69. The summed E-state index contributed by atoms with van der Waals surface area (Å²) in [5.41, 5.74) is 10.8. The van der Waals surface area contributed by atoms with E-state index in [1.807, 2.05) is 0 Å². The van der Waals surface area contributed by atoms with Crippen molar-refractivity contribution in [2.75, 3.05) is 11.5 Å². The monoisotopic (exact) mass is 313 g/mol. The third kappa shape index (κ3) is 2.29. The van der Waals surface area contributed by atoms with Crippen LogP contribution in [0.4, 0.5) is 10.1 Å². The van der Waals surface area contributed by atoms with Crippen LogP contribution in [0.5, 0.6) is 0 Å². The number of amidine groups is 1. The number of nitrogen functional groups attached to an aromatic ring is 1. The molecule has 4 N–H and O–H groups in total. The first-order valence-electron chi connectivity index (χ1n) is 6.69. The van der Waals surface area contributed by atoms with Crippen molar-refractivity contribution in [1.29, 1.82) is 0 Å². The van der Waals surface area contributed by atoms with E-state index in [1.54, 1.807) is 20.8 Å². The predicted octanol–water partition coefficient (Wildman–Crippen LogP) is 1.58. The molecule has 1 aromatic rings. The Balaban J connectivity index is 2.68. The highest BCUT2D eigenvalue weighted by Crippen LogP contribution is 2.39. The zero-order chi connectivity index (χ0) is 16.1. The van der Waals surface area contributed by atoms with Gasteiger partial charge < -0.3 is 11.5 Å². The van der Waals surface area contributed by atoms with Crippen LogP contribution in [0.3, 0.4) is 0 Å². The molecular formula is C14H20FN3O2S. The van der Waals surface area contributed by atoms with Crippen molar-refractivity contribution < 1.29 is 12.8 Å². The molecule has 0 aliphatic carbocycles. The summed E-state index contributed by atoms with van der Waals surface area (Å²) in [7, 11) is -3.57. The molecule has 5 nitrogen and oxygen atoms in total. The first-order chi connectivity index (χ1) is 9.56. The second-order valence-electron chi connectivity index (χ2n) is 5.85. The highest BCUT2D eigenvalue weighted by atomic mass is 32.2. The van der Waals surface area contributed by atoms with Crippen molar-refractivity contribution in [3.63, 3.8) is 0 Å². The van der Waals surface area contributed by atoms with Gasteiger partial charge in [-0.1, -0.05) is 6.92 Å². The van der Waals surface area contributed by atoms with Gasteiger partial charge in [0.1, 0.15) is 21.9 Å². The van der Waals surface area contributed by atoms with Crippen LogP contribution in [0.1, 0.15) is 32.8 Å². The molecule has 2 unspecified atom stereocenters. The van der Waals surface area contributed by atoms with E-state index >= 15 is 0 Å². The zero-order valence-electron chi connectivity index (χ0n) is 12.4. The van der Waals surface area contributed by atoms with E-state index in [1.165, 1.54) is 18.2 Å². The number of halogens is 1. The maximum absolute atomic E-state index is 14.1. The van der Waals surface area contributed by atoms with Gasteiger partial charge in [-0.25, -0.2) is 12.8 Å². The molecule has 2 atom stereocenters. The second-order valence-corrected chi connectivity index (χ2v) is 8.27.